The third kappa shape index (κ3) is 5.86. The van der Waals surface area contributed by atoms with Crippen LogP contribution in [0.3, 0.4) is 0 Å². The van der Waals surface area contributed by atoms with Crippen LogP contribution in [0, 0.1) is 0 Å². The van der Waals surface area contributed by atoms with Crippen LogP contribution in [-0.2, 0) is 37.3 Å². The van der Waals surface area contributed by atoms with Gasteiger partial charge in [-0.05, 0) is 31.4 Å². The fraction of sp³-hybridized carbons (Fsp3) is 0.550. The molecule has 2 aliphatic rings. The molecular weight excluding hydrogens is 394 g/mol. The first-order valence-electron chi connectivity index (χ1n) is 9.81. The van der Waals surface area contributed by atoms with Crippen LogP contribution in [0.15, 0.2) is 29.4 Å². The van der Waals surface area contributed by atoms with E-state index in [1.165, 1.54) is 5.01 Å². The van der Waals surface area contributed by atoms with Crippen molar-refractivity contribution in [3.8, 4) is 0 Å². The Morgan fingerprint density at radius 2 is 1.93 bits per heavy atom. The van der Waals surface area contributed by atoms with Gasteiger partial charge in [0.1, 0.15) is 5.71 Å². The molecule has 1 aromatic carbocycles. The standard InChI is InChI=1S/C20H27N3O5S/c1-14(2)28-12-16-5-3-15(4-6-16)11-21-20(25)18-7-8-19(24)23(22-18)17-9-10-29(26,27)13-17/h3-6,14,17H,7-13H2,1-2H3,(H,21,25). The number of carbonyl (C=O) groups excluding carboxylic acids is 2. The number of sulfone groups is 1. The molecule has 0 bridgehead atoms. The molecule has 0 spiro atoms. The second-order valence-corrected chi connectivity index (χ2v) is 9.93. The van der Waals surface area contributed by atoms with E-state index in [2.05, 4.69) is 10.4 Å². The topological polar surface area (TPSA) is 105 Å². The summed E-state index contributed by atoms with van der Waals surface area (Å²) < 4.78 is 28.9. The Balaban J connectivity index is 1.57. The van der Waals surface area contributed by atoms with Gasteiger partial charge in [-0.25, -0.2) is 13.4 Å². The van der Waals surface area contributed by atoms with Gasteiger partial charge in [0.15, 0.2) is 9.84 Å². The van der Waals surface area contributed by atoms with Crippen molar-refractivity contribution < 1.29 is 22.7 Å². The van der Waals surface area contributed by atoms with Gasteiger partial charge in [0.05, 0.1) is 30.3 Å². The highest BCUT2D eigenvalue weighted by atomic mass is 32.2. The van der Waals surface area contributed by atoms with E-state index in [0.29, 0.717) is 19.6 Å². The molecule has 1 atom stereocenters. The summed E-state index contributed by atoms with van der Waals surface area (Å²) in [5, 5.41) is 8.21. The number of nitrogens with one attached hydrogen (secondary N) is 1. The summed E-state index contributed by atoms with van der Waals surface area (Å²) in [6.45, 7) is 4.85. The highest BCUT2D eigenvalue weighted by molar-refractivity contribution is 7.91. The number of hydrogen-bond donors (Lipinski definition) is 1. The zero-order chi connectivity index (χ0) is 21.0. The Kier molecular flexibility index (Phi) is 6.69. The van der Waals surface area contributed by atoms with Crippen LogP contribution in [0.4, 0.5) is 0 Å². The largest absolute Gasteiger partial charge is 0.374 e. The van der Waals surface area contributed by atoms with Gasteiger partial charge >= 0.3 is 0 Å². The molecule has 0 aliphatic carbocycles. The number of carbonyl (C=O) groups is 2. The molecule has 2 aliphatic heterocycles. The second kappa shape index (κ2) is 9.04. The number of hydrogen-bond acceptors (Lipinski definition) is 6. The fourth-order valence-electron chi connectivity index (χ4n) is 3.29. The van der Waals surface area contributed by atoms with Crippen molar-refractivity contribution in [2.45, 2.75) is 58.4 Å². The molecule has 0 radical (unpaired) electrons. The van der Waals surface area contributed by atoms with E-state index in [4.69, 9.17) is 4.74 Å². The molecule has 1 fully saturated rings. The lowest BCUT2D eigenvalue weighted by Gasteiger charge is -2.27. The monoisotopic (exact) mass is 421 g/mol. The summed E-state index contributed by atoms with van der Waals surface area (Å²) in [5.41, 5.74) is 2.26. The number of ether oxygens (including phenoxy) is 1. The van der Waals surface area contributed by atoms with E-state index in [-0.39, 0.29) is 48.0 Å². The molecule has 2 heterocycles. The number of hydrazone groups is 1. The molecule has 1 unspecified atom stereocenters. The van der Waals surface area contributed by atoms with E-state index in [1.807, 2.05) is 38.1 Å². The molecule has 0 saturated carbocycles. The van der Waals surface area contributed by atoms with Gasteiger partial charge in [0.2, 0.25) is 5.91 Å². The lowest BCUT2D eigenvalue weighted by molar-refractivity contribution is -0.133. The van der Waals surface area contributed by atoms with Crippen LogP contribution >= 0.6 is 0 Å². The minimum atomic E-state index is -3.14. The zero-order valence-corrected chi connectivity index (χ0v) is 17.6. The number of rotatable bonds is 7. The fourth-order valence-corrected chi connectivity index (χ4v) is 4.98. The zero-order valence-electron chi connectivity index (χ0n) is 16.8. The molecule has 2 amide bonds. The van der Waals surface area contributed by atoms with Crippen molar-refractivity contribution in [3.05, 3.63) is 35.4 Å². The first-order chi connectivity index (χ1) is 13.7. The molecule has 29 heavy (non-hydrogen) atoms. The van der Waals surface area contributed by atoms with E-state index in [9.17, 15) is 18.0 Å². The molecule has 158 valence electrons. The van der Waals surface area contributed by atoms with E-state index in [1.54, 1.807) is 0 Å². The molecule has 9 heteroatoms. The van der Waals surface area contributed by atoms with E-state index >= 15 is 0 Å². The summed E-state index contributed by atoms with van der Waals surface area (Å²) in [6.07, 6.45) is 0.944. The average molecular weight is 422 g/mol. The summed E-state index contributed by atoms with van der Waals surface area (Å²) in [5.74, 6) is -0.612. The lowest BCUT2D eigenvalue weighted by atomic mass is 10.1. The van der Waals surface area contributed by atoms with Gasteiger partial charge in [-0.2, -0.15) is 5.10 Å². The van der Waals surface area contributed by atoms with Crippen LogP contribution in [-0.4, -0.2) is 54.6 Å². The van der Waals surface area contributed by atoms with Gasteiger partial charge in [-0.1, -0.05) is 24.3 Å². The predicted octanol–water partition coefficient (Wildman–Crippen LogP) is 1.39. The number of benzene rings is 1. The third-order valence-electron chi connectivity index (χ3n) is 4.94. The van der Waals surface area contributed by atoms with E-state index < -0.39 is 15.9 Å². The first-order valence-corrected chi connectivity index (χ1v) is 11.6. The van der Waals surface area contributed by atoms with Crippen molar-refractivity contribution in [1.29, 1.82) is 0 Å². The average Bonchev–Trinajstić information content (AvgIpc) is 3.05. The SMILES string of the molecule is CC(C)OCc1ccc(CNC(=O)C2=NN(C3CCS(=O)(=O)C3)C(=O)CC2)cc1. The lowest BCUT2D eigenvalue weighted by Crippen LogP contribution is -2.43. The minimum Gasteiger partial charge on any atom is -0.374 e. The van der Waals surface area contributed by atoms with Gasteiger partial charge < -0.3 is 10.1 Å². The maximum absolute atomic E-state index is 12.5. The normalized spacial score (nSPS) is 21.3. The van der Waals surface area contributed by atoms with Crippen LogP contribution in [0.5, 0.6) is 0 Å². The number of nitrogens with zero attached hydrogens (tertiary/aromatic N) is 2. The van der Waals surface area contributed by atoms with Crippen LogP contribution in [0.2, 0.25) is 0 Å². The maximum atomic E-state index is 12.5. The van der Waals surface area contributed by atoms with Crippen molar-refractivity contribution in [3.63, 3.8) is 0 Å². The quantitative estimate of drug-likeness (QED) is 0.716. The maximum Gasteiger partial charge on any atom is 0.267 e. The molecule has 1 saturated heterocycles. The molecule has 8 nitrogen and oxygen atoms in total. The smallest absolute Gasteiger partial charge is 0.267 e. The van der Waals surface area contributed by atoms with E-state index in [0.717, 1.165) is 11.1 Å². The van der Waals surface area contributed by atoms with Gasteiger partial charge in [-0.3, -0.25) is 9.59 Å². The Bertz CT molecular complexity index is 893. The predicted molar refractivity (Wildman–Crippen MR) is 109 cm³/mol. The Morgan fingerprint density at radius 1 is 1.24 bits per heavy atom. The minimum absolute atomic E-state index is 0.0523. The van der Waals surface area contributed by atoms with Gasteiger partial charge in [0, 0.05) is 19.4 Å². The molecular formula is C20H27N3O5S. The first kappa shape index (κ1) is 21.4. The summed E-state index contributed by atoms with van der Waals surface area (Å²) in [4.78, 5) is 24.6. The molecule has 3 rings (SSSR count). The van der Waals surface area contributed by atoms with Gasteiger partial charge in [-0.15, -0.1) is 0 Å². The highest BCUT2D eigenvalue weighted by Gasteiger charge is 2.37. The van der Waals surface area contributed by atoms with Crippen molar-refractivity contribution >= 4 is 27.4 Å². The van der Waals surface area contributed by atoms with Crippen LogP contribution in [0.25, 0.3) is 0 Å². The highest BCUT2D eigenvalue weighted by Crippen LogP contribution is 2.22. The Hall–Kier alpha value is -2.26. The summed E-state index contributed by atoms with van der Waals surface area (Å²) in [7, 11) is -3.14. The summed E-state index contributed by atoms with van der Waals surface area (Å²) >= 11 is 0. The number of amides is 2. The Morgan fingerprint density at radius 3 is 2.55 bits per heavy atom. The van der Waals surface area contributed by atoms with Crippen molar-refractivity contribution in [1.82, 2.24) is 10.3 Å². The van der Waals surface area contributed by atoms with Crippen molar-refractivity contribution in [2.24, 2.45) is 5.10 Å². The van der Waals surface area contributed by atoms with Crippen molar-refractivity contribution in [2.75, 3.05) is 11.5 Å². The van der Waals surface area contributed by atoms with Gasteiger partial charge in [0.25, 0.3) is 5.91 Å². The van der Waals surface area contributed by atoms with Crippen LogP contribution < -0.4 is 5.32 Å². The Labute approximate surface area is 171 Å². The molecule has 0 aromatic heterocycles. The second-order valence-electron chi connectivity index (χ2n) is 7.70. The summed E-state index contributed by atoms with van der Waals surface area (Å²) in [6, 6.07) is 7.31. The van der Waals surface area contributed by atoms with Crippen LogP contribution in [0.1, 0.15) is 44.2 Å². The molecule has 1 aromatic rings. The third-order valence-corrected chi connectivity index (χ3v) is 6.69. The molecule has 1 N–H and O–H groups in total.